The van der Waals surface area contributed by atoms with Crippen molar-refractivity contribution in [3.05, 3.63) is 127 Å². The van der Waals surface area contributed by atoms with E-state index in [1.54, 1.807) is 48.5 Å². The number of ether oxygens (including phenoxy) is 2. The van der Waals surface area contributed by atoms with Gasteiger partial charge in [0.25, 0.3) is 11.6 Å². The molecule has 0 aliphatic rings. The number of nitro groups is 1. The van der Waals surface area contributed by atoms with Gasteiger partial charge in [0.05, 0.1) is 28.5 Å². The van der Waals surface area contributed by atoms with E-state index in [1.165, 1.54) is 29.7 Å². The Bertz CT molecular complexity index is 1830. The molecule has 1 amide bonds. The van der Waals surface area contributed by atoms with Gasteiger partial charge in [-0.1, -0.05) is 35.3 Å². The van der Waals surface area contributed by atoms with Crippen molar-refractivity contribution in [3.8, 4) is 22.8 Å². The average molecular weight is 663 g/mol. The Morgan fingerprint density at radius 2 is 1.76 bits per heavy atom. The van der Waals surface area contributed by atoms with E-state index in [9.17, 15) is 14.9 Å². The molecule has 1 aromatic heterocycles. The Labute approximate surface area is 272 Å². The van der Waals surface area contributed by atoms with Crippen molar-refractivity contribution < 1.29 is 19.2 Å². The molecule has 0 radical (unpaired) electrons. The van der Waals surface area contributed by atoms with Crippen LogP contribution < -0.4 is 20.2 Å². The van der Waals surface area contributed by atoms with E-state index in [-0.39, 0.29) is 23.2 Å². The van der Waals surface area contributed by atoms with Gasteiger partial charge in [0, 0.05) is 39.3 Å². The maximum atomic E-state index is 12.7. The van der Waals surface area contributed by atoms with Gasteiger partial charge in [-0.3, -0.25) is 14.9 Å². The number of hydrazone groups is 1. The van der Waals surface area contributed by atoms with Crippen molar-refractivity contribution in [2.24, 2.45) is 5.10 Å². The van der Waals surface area contributed by atoms with Crippen LogP contribution in [0.25, 0.3) is 11.3 Å². The molecule has 0 unspecified atom stereocenters. The zero-order valence-corrected chi connectivity index (χ0v) is 26.0. The third kappa shape index (κ3) is 8.36. The van der Waals surface area contributed by atoms with E-state index in [1.807, 2.05) is 36.6 Å². The van der Waals surface area contributed by atoms with Gasteiger partial charge in [0.2, 0.25) is 0 Å². The van der Waals surface area contributed by atoms with E-state index in [0.717, 1.165) is 27.6 Å². The Kier molecular flexibility index (Phi) is 10.3. The molecule has 0 aliphatic heterocycles. The number of non-ortho nitro benzene ring substituents is 1. The minimum Gasteiger partial charge on any atom is -0.490 e. The second-order valence-electron chi connectivity index (χ2n) is 9.42. The lowest BCUT2D eigenvalue weighted by Gasteiger charge is -2.14. The molecule has 0 saturated carbocycles. The number of halogens is 2. The van der Waals surface area contributed by atoms with Crippen LogP contribution in [0.15, 0.2) is 95.4 Å². The molecular formula is C32H25Cl2N5O5S. The molecule has 0 spiro atoms. The third-order valence-corrected chi connectivity index (χ3v) is 7.57. The second-order valence-corrected chi connectivity index (χ2v) is 11.1. The van der Waals surface area contributed by atoms with Crippen LogP contribution in [0.4, 0.5) is 16.5 Å². The maximum Gasteiger partial charge on any atom is 0.271 e. The normalized spacial score (nSPS) is 10.9. The van der Waals surface area contributed by atoms with Crippen molar-refractivity contribution in [2.75, 3.05) is 11.9 Å². The van der Waals surface area contributed by atoms with Gasteiger partial charge in [0.1, 0.15) is 6.61 Å². The van der Waals surface area contributed by atoms with Crippen LogP contribution in [0.5, 0.6) is 11.5 Å². The van der Waals surface area contributed by atoms with Gasteiger partial charge in [-0.2, -0.15) is 5.10 Å². The monoisotopic (exact) mass is 661 g/mol. The zero-order valence-electron chi connectivity index (χ0n) is 23.7. The smallest absolute Gasteiger partial charge is 0.271 e. The number of aromatic nitrogens is 1. The Morgan fingerprint density at radius 3 is 2.44 bits per heavy atom. The molecule has 13 heteroatoms. The number of amides is 1. The van der Waals surface area contributed by atoms with Gasteiger partial charge < -0.3 is 14.8 Å². The molecule has 0 bridgehead atoms. The van der Waals surface area contributed by atoms with Crippen LogP contribution >= 0.6 is 34.5 Å². The van der Waals surface area contributed by atoms with Gasteiger partial charge in [-0.05, 0) is 78.7 Å². The highest BCUT2D eigenvalue weighted by Crippen LogP contribution is 2.37. The average Bonchev–Trinajstić information content (AvgIpc) is 3.50. The summed E-state index contributed by atoms with van der Waals surface area (Å²) in [5.74, 6) is 0.329. The number of hydrogen-bond acceptors (Lipinski definition) is 9. The molecule has 5 rings (SSSR count). The van der Waals surface area contributed by atoms with Crippen LogP contribution in [0.3, 0.4) is 0 Å². The van der Waals surface area contributed by atoms with Crippen molar-refractivity contribution in [1.82, 2.24) is 10.4 Å². The summed E-state index contributed by atoms with van der Waals surface area (Å²) in [5, 5.41) is 21.8. The summed E-state index contributed by atoms with van der Waals surface area (Å²) in [5.41, 5.74) is 6.77. The summed E-state index contributed by atoms with van der Waals surface area (Å²) in [6, 6.07) is 23.8. The number of nitro benzene ring substituents is 1. The van der Waals surface area contributed by atoms with Gasteiger partial charge in [-0.25, -0.2) is 10.4 Å². The molecular weight excluding hydrogens is 637 g/mol. The van der Waals surface area contributed by atoms with Crippen molar-refractivity contribution in [3.63, 3.8) is 0 Å². The van der Waals surface area contributed by atoms with E-state index in [4.69, 9.17) is 32.7 Å². The fourth-order valence-corrected chi connectivity index (χ4v) is 5.22. The number of hydrogen-bond donors (Lipinski definition) is 2. The van der Waals surface area contributed by atoms with E-state index in [2.05, 4.69) is 20.8 Å². The number of thiazole rings is 1. The van der Waals surface area contributed by atoms with Crippen molar-refractivity contribution in [2.45, 2.75) is 13.5 Å². The Hall–Kier alpha value is -4.97. The number of nitrogens with one attached hydrogen (secondary N) is 2. The lowest BCUT2D eigenvalue weighted by Crippen LogP contribution is -2.17. The summed E-state index contributed by atoms with van der Waals surface area (Å²) >= 11 is 13.9. The molecule has 0 saturated heterocycles. The van der Waals surface area contributed by atoms with Crippen LogP contribution in [-0.2, 0) is 6.61 Å². The lowest BCUT2D eigenvalue weighted by atomic mass is 10.1. The molecule has 228 valence electrons. The van der Waals surface area contributed by atoms with Crippen molar-refractivity contribution in [1.29, 1.82) is 0 Å². The van der Waals surface area contributed by atoms with Gasteiger partial charge >= 0.3 is 0 Å². The SMILES string of the molecule is CCOc1cc(/C=N\NC(=O)c2ccc(-c3csc(Nc4ccc(Cl)cc4)n3)cc2)cc(Cl)c1OCc1ccc([N+](=O)[O-])cc1. The molecule has 1 heterocycles. The largest absolute Gasteiger partial charge is 0.490 e. The van der Waals surface area contributed by atoms with Crippen LogP contribution in [0.2, 0.25) is 10.0 Å². The Balaban J connectivity index is 1.19. The number of nitrogens with zero attached hydrogens (tertiary/aromatic N) is 3. The summed E-state index contributed by atoms with van der Waals surface area (Å²) in [7, 11) is 0. The first kappa shape index (κ1) is 31.5. The first-order valence-corrected chi connectivity index (χ1v) is 15.2. The summed E-state index contributed by atoms with van der Waals surface area (Å²) in [4.78, 5) is 27.8. The Morgan fingerprint density at radius 1 is 1.02 bits per heavy atom. The molecule has 0 fully saturated rings. The minimum atomic E-state index is -0.463. The van der Waals surface area contributed by atoms with E-state index < -0.39 is 4.92 Å². The molecule has 4 aromatic carbocycles. The molecule has 10 nitrogen and oxygen atoms in total. The van der Waals surface area contributed by atoms with E-state index >= 15 is 0 Å². The number of benzene rings is 4. The highest BCUT2D eigenvalue weighted by Gasteiger charge is 2.14. The number of rotatable bonds is 12. The van der Waals surface area contributed by atoms with Crippen LogP contribution in [0.1, 0.15) is 28.4 Å². The summed E-state index contributed by atoms with van der Waals surface area (Å²) in [6.45, 7) is 2.31. The quantitative estimate of drug-likeness (QED) is 0.0779. The minimum absolute atomic E-state index is 0.00639. The standard InChI is InChI=1S/C32H25Cl2N5O5S/c1-2-43-29-16-21(15-27(34)30(29)44-18-20-3-13-26(14-4-20)39(41)42)17-35-38-31(40)23-7-5-22(6-8-23)28-19-45-32(37-28)36-25-11-9-24(33)10-12-25/h3-17,19H,2,18H2,1H3,(H,36,37)(H,38,40)/b35-17-. The first-order valence-electron chi connectivity index (χ1n) is 13.5. The fraction of sp³-hybridized carbons (Fsp3) is 0.0938. The fourth-order valence-electron chi connectivity index (χ4n) is 4.08. The molecule has 0 aliphatic carbocycles. The maximum absolute atomic E-state index is 12.7. The highest BCUT2D eigenvalue weighted by molar-refractivity contribution is 7.14. The van der Waals surface area contributed by atoms with Gasteiger partial charge in [0.15, 0.2) is 16.6 Å². The predicted octanol–water partition coefficient (Wildman–Crippen LogP) is 8.51. The summed E-state index contributed by atoms with van der Waals surface area (Å²) < 4.78 is 11.6. The van der Waals surface area contributed by atoms with E-state index in [0.29, 0.717) is 34.3 Å². The second kappa shape index (κ2) is 14.7. The number of carbonyl (C=O) groups excluding carboxylic acids is 1. The van der Waals surface area contributed by atoms with Gasteiger partial charge in [-0.15, -0.1) is 11.3 Å². The number of anilines is 2. The predicted molar refractivity (Wildman–Crippen MR) is 177 cm³/mol. The number of carbonyl (C=O) groups is 1. The summed E-state index contributed by atoms with van der Waals surface area (Å²) in [6.07, 6.45) is 1.45. The topological polar surface area (TPSA) is 128 Å². The van der Waals surface area contributed by atoms with Crippen molar-refractivity contribution >= 4 is 63.2 Å². The lowest BCUT2D eigenvalue weighted by molar-refractivity contribution is -0.384. The first-order chi connectivity index (χ1) is 21.8. The third-order valence-electron chi connectivity index (χ3n) is 6.28. The molecule has 5 aromatic rings. The highest BCUT2D eigenvalue weighted by atomic mass is 35.5. The molecule has 45 heavy (non-hydrogen) atoms. The molecule has 0 atom stereocenters. The van der Waals surface area contributed by atoms with Crippen LogP contribution in [0, 0.1) is 10.1 Å². The van der Waals surface area contributed by atoms with Crippen LogP contribution in [-0.4, -0.2) is 28.6 Å². The zero-order chi connectivity index (χ0) is 31.8. The molecule has 2 N–H and O–H groups in total.